The predicted molar refractivity (Wildman–Crippen MR) is 49.3 cm³/mol. The molecule has 0 bridgehead atoms. The van der Waals surface area contributed by atoms with E-state index in [0.29, 0.717) is 4.73 Å². The third-order valence-electron chi connectivity index (χ3n) is 2.35. The van der Waals surface area contributed by atoms with E-state index in [4.69, 9.17) is 0 Å². The summed E-state index contributed by atoms with van der Waals surface area (Å²) in [6.07, 6.45) is 6.58. The van der Waals surface area contributed by atoms with Crippen LogP contribution in [0.25, 0.3) is 0 Å². The van der Waals surface area contributed by atoms with Crippen molar-refractivity contribution < 1.29 is 4.73 Å². The van der Waals surface area contributed by atoms with E-state index in [-0.39, 0.29) is 0 Å². The van der Waals surface area contributed by atoms with E-state index in [1.807, 2.05) is 0 Å². The van der Waals surface area contributed by atoms with Gasteiger partial charge in [0.05, 0.1) is 6.20 Å². The Balaban J connectivity index is 2.10. The Hall–Kier alpha value is -1.32. The Morgan fingerprint density at radius 1 is 1.31 bits per heavy atom. The number of aromatic nitrogens is 2. The van der Waals surface area contributed by atoms with Crippen molar-refractivity contribution in [2.45, 2.75) is 19.3 Å². The molecule has 0 amide bonds. The number of anilines is 1. The summed E-state index contributed by atoms with van der Waals surface area (Å²) in [4.78, 5) is 6.30. The molecule has 0 spiro atoms. The van der Waals surface area contributed by atoms with Crippen LogP contribution in [-0.2, 0) is 0 Å². The molecule has 1 saturated heterocycles. The van der Waals surface area contributed by atoms with Gasteiger partial charge >= 0.3 is 0 Å². The van der Waals surface area contributed by atoms with Crippen LogP contribution in [0.2, 0.25) is 0 Å². The first kappa shape index (κ1) is 8.29. The van der Waals surface area contributed by atoms with Crippen LogP contribution >= 0.6 is 0 Å². The molecular formula is C9H13N3O. The van der Waals surface area contributed by atoms with Crippen molar-refractivity contribution in [3.63, 3.8) is 0 Å². The maximum absolute atomic E-state index is 10.7. The summed E-state index contributed by atoms with van der Waals surface area (Å²) >= 11 is 0. The zero-order valence-electron chi connectivity index (χ0n) is 7.52. The normalized spacial score (nSPS) is 17.4. The predicted octanol–water partition coefficient (Wildman–Crippen LogP) is 0.705. The smallest absolute Gasteiger partial charge is 0.291 e. The molecule has 4 heteroatoms. The molecule has 1 aliphatic rings. The van der Waals surface area contributed by atoms with Gasteiger partial charge in [0.2, 0.25) is 5.82 Å². The van der Waals surface area contributed by atoms with E-state index in [1.165, 1.54) is 31.8 Å². The average molecular weight is 179 g/mol. The van der Waals surface area contributed by atoms with Crippen molar-refractivity contribution in [2.75, 3.05) is 18.0 Å². The molecule has 0 unspecified atom stereocenters. The molecule has 0 aromatic carbocycles. The second-order valence-electron chi connectivity index (χ2n) is 3.33. The Bertz CT molecular complexity index is 267. The summed E-state index contributed by atoms with van der Waals surface area (Å²) in [5.74, 6) is 0.923. The SMILES string of the molecule is [O-][n+]1ccc(N2CCCCC2)nc1. The average Bonchev–Trinajstić information content (AvgIpc) is 2.20. The van der Waals surface area contributed by atoms with Crippen LogP contribution in [0, 0.1) is 5.21 Å². The number of hydrogen-bond donors (Lipinski definition) is 0. The third-order valence-corrected chi connectivity index (χ3v) is 2.35. The van der Waals surface area contributed by atoms with Crippen LogP contribution in [-0.4, -0.2) is 18.1 Å². The first-order valence-electron chi connectivity index (χ1n) is 4.66. The Morgan fingerprint density at radius 2 is 2.08 bits per heavy atom. The van der Waals surface area contributed by atoms with Crippen LogP contribution in [0.3, 0.4) is 0 Å². The maximum Gasteiger partial charge on any atom is 0.291 e. The van der Waals surface area contributed by atoms with E-state index < -0.39 is 0 Å². The molecule has 2 rings (SSSR count). The van der Waals surface area contributed by atoms with Crippen LogP contribution in [0.1, 0.15) is 19.3 Å². The van der Waals surface area contributed by atoms with Gasteiger partial charge in [-0.25, -0.2) is 4.73 Å². The molecule has 70 valence electrons. The lowest BCUT2D eigenvalue weighted by atomic mass is 10.1. The molecule has 4 nitrogen and oxygen atoms in total. The van der Waals surface area contributed by atoms with E-state index in [9.17, 15) is 5.21 Å². The first-order chi connectivity index (χ1) is 6.36. The Kier molecular flexibility index (Phi) is 2.29. The molecule has 0 radical (unpaired) electrons. The highest BCUT2D eigenvalue weighted by Crippen LogP contribution is 2.15. The van der Waals surface area contributed by atoms with Crippen molar-refractivity contribution in [2.24, 2.45) is 0 Å². The molecule has 1 fully saturated rings. The fourth-order valence-electron chi connectivity index (χ4n) is 1.65. The van der Waals surface area contributed by atoms with Crippen molar-refractivity contribution >= 4 is 5.82 Å². The molecule has 0 atom stereocenters. The van der Waals surface area contributed by atoms with Gasteiger partial charge < -0.3 is 10.1 Å². The summed E-state index contributed by atoms with van der Waals surface area (Å²) in [5, 5.41) is 10.7. The van der Waals surface area contributed by atoms with Crippen molar-refractivity contribution in [1.82, 2.24) is 4.98 Å². The van der Waals surface area contributed by atoms with Gasteiger partial charge in [-0.05, 0) is 24.2 Å². The van der Waals surface area contributed by atoms with Gasteiger partial charge in [-0.1, -0.05) is 0 Å². The topological polar surface area (TPSA) is 43.1 Å². The third kappa shape index (κ3) is 1.88. The van der Waals surface area contributed by atoms with Gasteiger partial charge in [0, 0.05) is 19.2 Å². The molecule has 13 heavy (non-hydrogen) atoms. The van der Waals surface area contributed by atoms with Gasteiger partial charge in [0.25, 0.3) is 6.33 Å². The zero-order chi connectivity index (χ0) is 9.10. The van der Waals surface area contributed by atoms with Crippen molar-refractivity contribution in [1.29, 1.82) is 0 Å². The Morgan fingerprint density at radius 3 is 2.69 bits per heavy atom. The largest absolute Gasteiger partial charge is 0.711 e. The quantitative estimate of drug-likeness (QED) is 0.471. The summed E-state index contributed by atoms with van der Waals surface area (Å²) in [6.45, 7) is 2.13. The second-order valence-corrected chi connectivity index (χ2v) is 3.33. The van der Waals surface area contributed by atoms with Crippen LogP contribution in [0.15, 0.2) is 18.6 Å². The molecule has 1 aromatic rings. The van der Waals surface area contributed by atoms with Gasteiger partial charge in [-0.2, -0.15) is 0 Å². The van der Waals surface area contributed by atoms with E-state index in [0.717, 1.165) is 18.9 Å². The minimum Gasteiger partial charge on any atom is -0.711 e. The van der Waals surface area contributed by atoms with Gasteiger partial charge in [-0.15, -0.1) is 0 Å². The fraction of sp³-hybridized carbons (Fsp3) is 0.556. The van der Waals surface area contributed by atoms with Crippen LogP contribution < -0.4 is 9.63 Å². The van der Waals surface area contributed by atoms with Crippen molar-refractivity contribution in [3.8, 4) is 0 Å². The number of nitrogens with zero attached hydrogens (tertiary/aromatic N) is 3. The molecule has 0 saturated carbocycles. The first-order valence-corrected chi connectivity index (χ1v) is 4.66. The monoisotopic (exact) mass is 179 g/mol. The minimum absolute atomic E-state index is 0.716. The highest BCUT2D eigenvalue weighted by molar-refractivity contribution is 5.35. The molecular weight excluding hydrogens is 166 g/mol. The number of rotatable bonds is 1. The van der Waals surface area contributed by atoms with E-state index >= 15 is 0 Å². The lowest BCUT2D eigenvalue weighted by Gasteiger charge is -2.24. The second kappa shape index (κ2) is 3.60. The fourth-order valence-corrected chi connectivity index (χ4v) is 1.65. The zero-order valence-corrected chi connectivity index (χ0v) is 7.52. The Labute approximate surface area is 77.4 Å². The molecule has 0 aliphatic carbocycles. The minimum atomic E-state index is 0.716. The van der Waals surface area contributed by atoms with Crippen LogP contribution in [0.5, 0.6) is 0 Å². The summed E-state index contributed by atoms with van der Waals surface area (Å²) in [5.41, 5.74) is 0. The number of hydrogen-bond acceptors (Lipinski definition) is 3. The number of piperidine rings is 1. The highest BCUT2D eigenvalue weighted by Gasteiger charge is 2.14. The van der Waals surface area contributed by atoms with E-state index in [1.54, 1.807) is 6.07 Å². The van der Waals surface area contributed by atoms with E-state index in [2.05, 4.69) is 9.88 Å². The lowest BCUT2D eigenvalue weighted by molar-refractivity contribution is -0.608. The maximum atomic E-state index is 10.7. The summed E-state index contributed by atoms with van der Waals surface area (Å²) in [7, 11) is 0. The molecule has 1 aliphatic heterocycles. The lowest BCUT2D eigenvalue weighted by Crippen LogP contribution is -2.32. The molecule has 1 aromatic heterocycles. The van der Waals surface area contributed by atoms with Crippen LogP contribution in [0.4, 0.5) is 5.82 Å². The van der Waals surface area contributed by atoms with Gasteiger partial charge in [0.1, 0.15) is 0 Å². The van der Waals surface area contributed by atoms with Gasteiger partial charge in [0.15, 0.2) is 0 Å². The molecule has 0 N–H and O–H groups in total. The van der Waals surface area contributed by atoms with Gasteiger partial charge in [-0.3, -0.25) is 0 Å². The highest BCUT2D eigenvalue weighted by atomic mass is 16.5. The standard InChI is InChI=1S/C9H13N3O/c13-12-7-4-9(10-8-12)11-5-2-1-3-6-11/h4,7-8H,1-3,5-6H2. The van der Waals surface area contributed by atoms with Crippen molar-refractivity contribution in [3.05, 3.63) is 23.8 Å². The summed E-state index contributed by atoms with van der Waals surface area (Å²) < 4.78 is 0.716. The summed E-state index contributed by atoms with van der Waals surface area (Å²) in [6, 6.07) is 1.78. The molecule has 2 heterocycles.